The lowest BCUT2D eigenvalue weighted by Crippen LogP contribution is -2.38. The van der Waals surface area contributed by atoms with Crippen molar-refractivity contribution in [3.8, 4) is 11.7 Å². The number of hydrogen-bond acceptors (Lipinski definition) is 5. The van der Waals surface area contributed by atoms with E-state index in [2.05, 4.69) is 32.8 Å². The number of aromatic nitrogens is 2. The molecule has 0 fully saturated rings. The average molecular weight is 349 g/mol. The number of nitrogens with zero attached hydrogens (tertiary/aromatic N) is 3. The number of hydrogen-bond donors (Lipinski definition) is 0. The quantitative estimate of drug-likeness (QED) is 0.695. The first kappa shape index (κ1) is 19.0. The maximum atomic E-state index is 12.6. The van der Waals surface area contributed by atoms with Crippen LogP contribution in [-0.4, -0.2) is 33.7 Å². The fraction of sp³-hybridized carbons (Fsp3) is 0.611. The smallest absolute Gasteiger partial charge is 0.437 e. The molecule has 0 atom stereocenters. The van der Waals surface area contributed by atoms with Crippen molar-refractivity contribution >= 4 is 5.91 Å². The normalized spacial score (nSPS) is 11.4. The summed E-state index contributed by atoms with van der Waals surface area (Å²) in [6.07, 6.45) is 3.32. The number of carbonyl (C=O) groups is 1. The van der Waals surface area contributed by atoms with Gasteiger partial charge >= 0.3 is 5.76 Å². The number of rotatable bonds is 9. The van der Waals surface area contributed by atoms with Crippen LogP contribution in [0.2, 0.25) is 0 Å². The third kappa shape index (κ3) is 5.62. The predicted octanol–water partition coefficient (Wildman–Crippen LogP) is 3.02. The summed E-state index contributed by atoms with van der Waals surface area (Å²) in [5.41, 5.74) is 0. The van der Waals surface area contributed by atoms with Crippen molar-refractivity contribution in [2.24, 2.45) is 11.8 Å². The first-order valence-corrected chi connectivity index (χ1v) is 8.76. The summed E-state index contributed by atoms with van der Waals surface area (Å²) in [5.74, 6) is 0.679. The van der Waals surface area contributed by atoms with Crippen LogP contribution < -0.4 is 5.76 Å². The minimum absolute atomic E-state index is 0.0821. The lowest BCUT2D eigenvalue weighted by molar-refractivity contribution is -0.132. The van der Waals surface area contributed by atoms with Gasteiger partial charge in [0, 0.05) is 13.1 Å². The molecule has 2 rings (SSSR count). The molecule has 0 saturated heterocycles. The summed E-state index contributed by atoms with van der Waals surface area (Å²) in [5, 5.41) is 4.06. The topological polar surface area (TPSA) is 81.5 Å². The third-order valence-electron chi connectivity index (χ3n) is 3.93. The molecule has 0 bridgehead atoms. The summed E-state index contributed by atoms with van der Waals surface area (Å²) in [4.78, 5) is 26.4. The van der Waals surface area contributed by atoms with Crippen LogP contribution in [0, 0.1) is 11.8 Å². The molecule has 7 heteroatoms. The summed E-state index contributed by atoms with van der Waals surface area (Å²) >= 11 is 0. The standard InChI is InChI=1S/C18H27N3O4/c1-13(2)7-9-20(10-8-14(3)4)16(22)12-21-18(23)25-17(19-21)15-6-5-11-24-15/h5-6,11,13-14H,7-10,12H2,1-4H3. The van der Waals surface area contributed by atoms with E-state index in [0.29, 0.717) is 30.7 Å². The van der Waals surface area contributed by atoms with E-state index in [1.54, 1.807) is 12.1 Å². The van der Waals surface area contributed by atoms with E-state index in [1.165, 1.54) is 6.26 Å². The maximum absolute atomic E-state index is 12.6. The SMILES string of the molecule is CC(C)CCN(CCC(C)C)C(=O)Cn1nc(-c2ccco2)oc1=O. The Bertz CT molecular complexity index is 701. The molecule has 0 saturated carbocycles. The van der Waals surface area contributed by atoms with Gasteiger partial charge in [0.1, 0.15) is 6.54 Å². The van der Waals surface area contributed by atoms with Gasteiger partial charge < -0.3 is 13.7 Å². The zero-order valence-electron chi connectivity index (χ0n) is 15.4. The Labute approximate surface area is 147 Å². The highest BCUT2D eigenvalue weighted by Gasteiger charge is 2.19. The fourth-order valence-corrected chi connectivity index (χ4v) is 2.32. The van der Waals surface area contributed by atoms with E-state index in [9.17, 15) is 9.59 Å². The van der Waals surface area contributed by atoms with Gasteiger partial charge in [-0.2, -0.15) is 4.68 Å². The van der Waals surface area contributed by atoms with Crippen molar-refractivity contribution in [3.63, 3.8) is 0 Å². The maximum Gasteiger partial charge on any atom is 0.437 e. The van der Waals surface area contributed by atoms with Crippen LogP contribution in [0.15, 0.2) is 32.0 Å². The summed E-state index contributed by atoms with van der Waals surface area (Å²) in [7, 11) is 0. The molecule has 7 nitrogen and oxygen atoms in total. The molecule has 2 aromatic heterocycles. The van der Waals surface area contributed by atoms with Gasteiger partial charge in [0.2, 0.25) is 5.91 Å². The van der Waals surface area contributed by atoms with E-state index >= 15 is 0 Å². The number of carbonyl (C=O) groups excluding carboxylic acids is 1. The Morgan fingerprint density at radius 3 is 2.36 bits per heavy atom. The van der Waals surface area contributed by atoms with Crippen molar-refractivity contribution in [1.29, 1.82) is 0 Å². The van der Waals surface area contributed by atoms with Crippen molar-refractivity contribution in [3.05, 3.63) is 28.9 Å². The van der Waals surface area contributed by atoms with Crippen molar-refractivity contribution < 1.29 is 13.6 Å². The first-order valence-electron chi connectivity index (χ1n) is 8.76. The van der Waals surface area contributed by atoms with Crippen LogP contribution in [0.5, 0.6) is 0 Å². The van der Waals surface area contributed by atoms with E-state index in [0.717, 1.165) is 17.5 Å². The van der Waals surface area contributed by atoms with E-state index < -0.39 is 5.76 Å². The number of furan rings is 1. The van der Waals surface area contributed by atoms with Crippen LogP contribution in [0.1, 0.15) is 40.5 Å². The molecule has 0 aliphatic rings. The molecular weight excluding hydrogens is 322 g/mol. The predicted molar refractivity (Wildman–Crippen MR) is 94.0 cm³/mol. The second kappa shape index (κ2) is 8.69. The Hall–Kier alpha value is -2.31. The summed E-state index contributed by atoms with van der Waals surface area (Å²) in [6, 6.07) is 3.33. The van der Waals surface area contributed by atoms with Gasteiger partial charge in [-0.15, -0.1) is 5.10 Å². The zero-order chi connectivity index (χ0) is 18.4. The van der Waals surface area contributed by atoms with Crippen LogP contribution in [0.3, 0.4) is 0 Å². The average Bonchev–Trinajstić information content (AvgIpc) is 3.17. The molecule has 0 aliphatic heterocycles. The molecule has 0 aliphatic carbocycles. The van der Waals surface area contributed by atoms with Gasteiger partial charge in [-0.05, 0) is 36.8 Å². The minimum Gasteiger partial charge on any atom is -0.459 e. The Kier molecular flexibility index (Phi) is 6.61. The minimum atomic E-state index is -0.660. The molecule has 0 aromatic carbocycles. The first-order chi connectivity index (χ1) is 11.9. The van der Waals surface area contributed by atoms with Crippen molar-refractivity contribution in [2.45, 2.75) is 47.1 Å². The lowest BCUT2D eigenvalue weighted by Gasteiger charge is -2.24. The molecule has 1 amide bonds. The summed E-state index contributed by atoms with van der Waals surface area (Å²) in [6.45, 7) is 9.75. The second-order valence-electron chi connectivity index (χ2n) is 7.05. The lowest BCUT2D eigenvalue weighted by atomic mass is 10.1. The van der Waals surface area contributed by atoms with Crippen LogP contribution in [0.4, 0.5) is 0 Å². The molecule has 0 spiro atoms. The van der Waals surface area contributed by atoms with Gasteiger partial charge in [0.15, 0.2) is 5.76 Å². The van der Waals surface area contributed by atoms with Crippen LogP contribution >= 0.6 is 0 Å². The molecule has 2 aromatic rings. The van der Waals surface area contributed by atoms with E-state index in [4.69, 9.17) is 8.83 Å². The van der Waals surface area contributed by atoms with Crippen LogP contribution in [0.25, 0.3) is 11.7 Å². The Morgan fingerprint density at radius 1 is 1.20 bits per heavy atom. The molecule has 2 heterocycles. The monoisotopic (exact) mass is 349 g/mol. The highest BCUT2D eigenvalue weighted by atomic mass is 16.4. The highest BCUT2D eigenvalue weighted by molar-refractivity contribution is 5.75. The molecule has 0 radical (unpaired) electrons. The number of amides is 1. The van der Waals surface area contributed by atoms with Gasteiger partial charge in [-0.3, -0.25) is 4.79 Å². The van der Waals surface area contributed by atoms with E-state index in [1.807, 2.05) is 4.90 Å². The van der Waals surface area contributed by atoms with Gasteiger partial charge in [0.25, 0.3) is 5.89 Å². The van der Waals surface area contributed by atoms with E-state index in [-0.39, 0.29) is 18.3 Å². The highest BCUT2D eigenvalue weighted by Crippen LogP contribution is 2.15. The zero-order valence-corrected chi connectivity index (χ0v) is 15.4. The fourth-order valence-electron chi connectivity index (χ4n) is 2.32. The van der Waals surface area contributed by atoms with Crippen LogP contribution in [-0.2, 0) is 11.3 Å². The van der Waals surface area contributed by atoms with Gasteiger partial charge in [-0.25, -0.2) is 4.79 Å². The van der Waals surface area contributed by atoms with Crippen molar-refractivity contribution in [2.75, 3.05) is 13.1 Å². The largest absolute Gasteiger partial charge is 0.459 e. The molecular formula is C18H27N3O4. The van der Waals surface area contributed by atoms with Gasteiger partial charge in [0.05, 0.1) is 6.26 Å². The van der Waals surface area contributed by atoms with Gasteiger partial charge in [-0.1, -0.05) is 27.7 Å². The second-order valence-corrected chi connectivity index (χ2v) is 7.05. The Morgan fingerprint density at radius 2 is 1.84 bits per heavy atom. The molecule has 25 heavy (non-hydrogen) atoms. The third-order valence-corrected chi connectivity index (χ3v) is 3.93. The molecule has 0 N–H and O–H groups in total. The molecule has 0 unspecified atom stereocenters. The summed E-state index contributed by atoms with van der Waals surface area (Å²) < 4.78 is 11.3. The Balaban J connectivity index is 2.07. The van der Waals surface area contributed by atoms with Crippen molar-refractivity contribution in [1.82, 2.24) is 14.7 Å². The molecule has 138 valence electrons.